The third-order valence-electron chi connectivity index (χ3n) is 4.70. The van der Waals surface area contributed by atoms with Crippen LogP contribution in [-0.2, 0) is 10.0 Å². The van der Waals surface area contributed by atoms with Crippen molar-refractivity contribution in [2.45, 2.75) is 13.8 Å². The Kier molecular flexibility index (Phi) is 6.00. The zero-order chi connectivity index (χ0) is 22.6. The molecule has 9 heteroatoms. The van der Waals surface area contributed by atoms with Crippen molar-refractivity contribution in [3.05, 3.63) is 95.4 Å². The molecular formula is C23H21N5O3S. The van der Waals surface area contributed by atoms with Gasteiger partial charge in [-0.2, -0.15) is 0 Å². The molecule has 0 spiro atoms. The number of nitrogens with one attached hydrogen (secondary N) is 1. The zero-order valence-electron chi connectivity index (χ0n) is 17.5. The molecule has 0 aliphatic carbocycles. The molecule has 0 aliphatic rings. The lowest BCUT2D eigenvalue weighted by Crippen LogP contribution is -2.08. The number of ether oxygens (including phenoxy) is 1. The van der Waals surface area contributed by atoms with Crippen LogP contribution in [0.25, 0.3) is 11.9 Å². The van der Waals surface area contributed by atoms with Gasteiger partial charge in [-0.3, -0.25) is 9.29 Å². The maximum Gasteiger partial charge on any atom is 0.255 e. The molecular weight excluding hydrogens is 426 g/mol. The number of rotatable bonds is 7. The van der Waals surface area contributed by atoms with E-state index in [0.717, 1.165) is 22.4 Å². The Morgan fingerprint density at radius 3 is 2.31 bits per heavy atom. The van der Waals surface area contributed by atoms with Gasteiger partial charge in [0, 0.05) is 17.4 Å². The highest BCUT2D eigenvalue weighted by molar-refractivity contribution is 7.95. The van der Waals surface area contributed by atoms with E-state index in [2.05, 4.69) is 19.9 Å². The van der Waals surface area contributed by atoms with E-state index in [1.165, 1.54) is 6.08 Å². The van der Waals surface area contributed by atoms with E-state index in [-0.39, 0.29) is 0 Å². The summed E-state index contributed by atoms with van der Waals surface area (Å²) in [5, 5.41) is 9.41. The maximum absolute atomic E-state index is 12.3. The second kappa shape index (κ2) is 9.03. The second-order valence-corrected chi connectivity index (χ2v) is 8.57. The molecule has 0 amide bonds. The lowest BCUT2D eigenvalue weighted by atomic mass is 10.2. The molecule has 8 nitrogen and oxygen atoms in total. The first kappa shape index (κ1) is 21.3. The van der Waals surface area contributed by atoms with Gasteiger partial charge >= 0.3 is 0 Å². The summed E-state index contributed by atoms with van der Waals surface area (Å²) in [5.41, 5.74) is 3.14. The SMILES string of the molecule is Cc1ncn(-c2ccc(Oc3ccc(NS(=O)(=O)/C=C/c4ccccc4)cc3)nn2)c1C. The van der Waals surface area contributed by atoms with E-state index >= 15 is 0 Å². The molecule has 0 radical (unpaired) electrons. The van der Waals surface area contributed by atoms with Gasteiger partial charge in [-0.05, 0) is 55.8 Å². The Bertz CT molecular complexity index is 1330. The van der Waals surface area contributed by atoms with Crippen molar-refractivity contribution in [2.75, 3.05) is 4.72 Å². The predicted molar refractivity (Wildman–Crippen MR) is 123 cm³/mol. The van der Waals surface area contributed by atoms with E-state index in [0.29, 0.717) is 23.1 Å². The van der Waals surface area contributed by atoms with Crippen LogP contribution in [0, 0.1) is 13.8 Å². The molecule has 162 valence electrons. The molecule has 32 heavy (non-hydrogen) atoms. The summed E-state index contributed by atoms with van der Waals surface area (Å²) >= 11 is 0. The highest BCUT2D eigenvalue weighted by Gasteiger charge is 2.08. The Hall–Kier alpha value is -3.98. The summed E-state index contributed by atoms with van der Waals surface area (Å²) < 4.78 is 34.6. The number of imidazole rings is 1. The number of sulfonamides is 1. The van der Waals surface area contributed by atoms with Crippen molar-refractivity contribution in [1.82, 2.24) is 19.7 Å². The smallest absolute Gasteiger partial charge is 0.255 e. The first-order valence-corrected chi connectivity index (χ1v) is 11.3. The molecule has 0 bridgehead atoms. The lowest BCUT2D eigenvalue weighted by molar-refractivity contribution is 0.454. The molecule has 0 unspecified atom stereocenters. The fourth-order valence-corrected chi connectivity index (χ4v) is 3.74. The molecule has 0 atom stereocenters. The second-order valence-electron chi connectivity index (χ2n) is 7.00. The van der Waals surface area contributed by atoms with Crippen LogP contribution in [-0.4, -0.2) is 28.2 Å². The van der Waals surface area contributed by atoms with Crippen molar-refractivity contribution in [1.29, 1.82) is 0 Å². The number of aromatic nitrogens is 4. The van der Waals surface area contributed by atoms with Gasteiger partial charge in [0.1, 0.15) is 12.1 Å². The van der Waals surface area contributed by atoms with Crippen molar-refractivity contribution in [3.8, 4) is 17.4 Å². The van der Waals surface area contributed by atoms with Crippen LogP contribution in [0.15, 0.2) is 78.5 Å². The molecule has 0 fully saturated rings. The maximum atomic E-state index is 12.3. The fourth-order valence-electron chi connectivity index (χ4n) is 2.87. The number of aryl methyl sites for hydroxylation is 1. The number of benzene rings is 2. The van der Waals surface area contributed by atoms with Gasteiger partial charge in [-0.1, -0.05) is 30.3 Å². The Morgan fingerprint density at radius 1 is 0.938 bits per heavy atom. The van der Waals surface area contributed by atoms with Gasteiger partial charge in [0.15, 0.2) is 5.82 Å². The van der Waals surface area contributed by atoms with Crippen LogP contribution in [0.5, 0.6) is 11.6 Å². The van der Waals surface area contributed by atoms with Crippen LogP contribution in [0.3, 0.4) is 0 Å². The van der Waals surface area contributed by atoms with Crippen LogP contribution in [0.1, 0.15) is 17.0 Å². The Labute approximate surface area is 186 Å². The van der Waals surface area contributed by atoms with Crippen molar-refractivity contribution in [2.24, 2.45) is 0 Å². The third-order valence-corrected chi connectivity index (χ3v) is 5.72. The van der Waals surface area contributed by atoms with E-state index in [4.69, 9.17) is 4.74 Å². The minimum absolute atomic E-state index is 0.322. The minimum atomic E-state index is -3.64. The van der Waals surface area contributed by atoms with Crippen LogP contribution >= 0.6 is 0 Å². The molecule has 2 aromatic heterocycles. The van der Waals surface area contributed by atoms with E-state index in [1.807, 2.05) is 48.7 Å². The van der Waals surface area contributed by atoms with Gasteiger partial charge in [0.25, 0.3) is 10.0 Å². The minimum Gasteiger partial charge on any atom is -0.438 e. The summed E-state index contributed by atoms with van der Waals surface area (Å²) in [4.78, 5) is 4.25. The molecule has 0 saturated heterocycles. The van der Waals surface area contributed by atoms with Crippen molar-refractivity contribution >= 4 is 21.8 Å². The lowest BCUT2D eigenvalue weighted by Gasteiger charge is -2.08. The highest BCUT2D eigenvalue weighted by Crippen LogP contribution is 2.22. The molecule has 2 aromatic carbocycles. The fraction of sp³-hybridized carbons (Fsp3) is 0.0870. The van der Waals surface area contributed by atoms with Gasteiger partial charge in [-0.15, -0.1) is 10.2 Å². The first-order valence-electron chi connectivity index (χ1n) is 9.78. The van der Waals surface area contributed by atoms with Gasteiger partial charge in [-0.25, -0.2) is 13.4 Å². The average Bonchev–Trinajstić information content (AvgIpc) is 3.13. The summed E-state index contributed by atoms with van der Waals surface area (Å²) in [7, 11) is -3.64. The van der Waals surface area contributed by atoms with Crippen molar-refractivity contribution in [3.63, 3.8) is 0 Å². The van der Waals surface area contributed by atoms with E-state index in [1.54, 1.807) is 42.7 Å². The molecule has 4 rings (SSSR count). The largest absolute Gasteiger partial charge is 0.438 e. The number of anilines is 1. The summed E-state index contributed by atoms with van der Waals surface area (Å²) in [5.74, 6) is 1.47. The Balaban J connectivity index is 1.39. The molecule has 4 aromatic rings. The number of hydrogen-bond acceptors (Lipinski definition) is 6. The standard InChI is InChI=1S/C23H21N5O3S/c1-17-18(2)28(16-24-17)22-12-13-23(26-25-22)31-21-10-8-20(9-11-21)27-32(29,30)15-14-19-6-4-3-5-7-19/h3-16,27H,1-2H3/b15-14+. The van der Waals surface area contributed by atoms with Crippen LogP contribution in [0.2, 0.25) is 0 Å². The molecule has 0 aliphatic heterocycles. The number of hydrogen-bond donors (Lipinski definition) is 1. The molecule has 0 saturated carbocycles. The van der Waals surface area contributed by atoms with E-state index in [9.17, 15) is 8.42 Å². The highest BCUT2D eigenvalue weighted by atomic mass is 32.2. The van der Waals surface area contributed by atoms with Crippen LogP contribution in [0.4, 0.5) is 5.69 Å². The normalized spacial score (nSPS) is 11.6. The first-order chi connectivity index (χ1) is 15.4. The molecule has 2 heterocycles. The molecule has 1 N–H and O–H groups in total. The van der Waals surface area contributed by atoms with Gasteiger partial charge < -0.3 is 4.74 Å². The van der Waals surface area contributed by atoms with Gasteiger partial charge in [0.05, 0.1) is 11.1 Å². The topological polar surface area (TPSA) is 99.0 Å². The van der Waals surface area contributed by atoms with Gasteiger partial charge in [0.2, 0.25) is 5.88 Å². The summed E-state index contributed by atoms with van der Waals surface area (Å²) in [6.07, 6.45) is 3.23. The summed E-state index contributed by atoms with van der Waals surface area (Å²) in [6, 6.07) is 19.2. The average molecular weight is 448 g/mol. The zero-order valence-corrected chi connectivity index (χ0v) is 18.3. The van der Waals surface area contributed by atoms with Crippen molar-refractivity contribution < 1.29 is 13.2 Å². The predicted octanol–water partition coefficient (Wildman–Crippen LogP) is 4.48. The summed E-state index contributed by atoms with van der Waals surface area (Å²) in [6.45, 7) is 3.89. The monoisotopic (exact) mass is 447 g/mol. The third kappa shape index (κ3) is 5.19. The Morgan fingerprint density at radius 2 is 1.69 bits per heavy atom. The quantitative estimate of drug-likeness (QED) is 0.448. The van der Waals surface area contributed by atoms with E-state index < -0.39 is 10.0 Å². The number of nitrogens with zero attached hydrogens (tertiary/aromatic N) is 4. The van der Waals surface area contributed by atoms with Crippen LogP contribution < -0.4 is 9.46 Å².